The van der Waals surface area contributed by atoms with E-state index < -0.39 is 58.5 Å². The first kappa shape index (κ1) is 29.5. The zero-order valence-corrected chi connectivity index (χ0v) is 24.0. The third-order valence-corrected chi connectivity index (χ3v) is 6.77. The Morgan fingerprint density at radius 1 is 0.686 bits per heavy atom. The molecule has 0 unspecified atom stereocenters. The third-order valence-electron chi connectivity index (χ3n) is 5.01. The molecule has 0 fully saturated rings. The zero-order chi connectivity index (χ0) is 24.3. The maximum Gasteiger partial charge on any atom is 1.00 e. The average Bonchev–Trinajstić information content (AvgIpc) is 2.72. The Balaban J connectivity index is 0.00000216. The summed E-state index contributed by atoms with van der Waals surface area (Å²) in [6.07, 6.45) is 0. The largest absolute Gasteiger partial charge is 1.00 e. The van der Waals surface area contributed by atoms with Gasteiger partial charge in [-0.3, -0.25) is 9.59 Å². The number of hydrogen-bond acceptors (Lipinski definition) is 11. The molecule has 1 aliphatic carbocycles. The van der Waals surface area contributed by atoms with Gasteiger partial charge in [-0.25, -0.2) is 16.8 Å². The molecule has 0 bridgehead atoms. The summed E-state index contributed by atoms with van der Waals surface area (Å²) < 4.78 is 70.6. The Bertz CT molecular complexity index is 1610. The molecule has 0 aromatic heterocycles. The van der Waals surface area contributed by atoms with E-state index in [-0.39, 0.29) is 87.2 Å². The first-order chi connectivity index (χ1) is 15.3. The van der Waals surface area contributed by atoms with E-state index in [1.54, 1.807) is 0 Å². The maximum atomic E-state index is 13.2. The van der Waals surface area contributed by atoms with Crippen molar-refractivity contribution in [3.05, 3.63) is 70.8 Å². The van der Waals surface area contributed by atoms with Crippen LogP contribution >= 0.6 is 0 Å². The van der Waals surface area contributed by atoms with E-state index in [2.05, 4.69) is 5.32 Å². The molecule has 0 radical (unpaired) electrons. The van der Waals surface area contributed by atoms with Crippen molar-refractivity contribution in [2.75, 3.05) is 16.8 Å². The minimum absolute atomic E-state index is 0. The summed E-state index contributed by atoms with van der Waals surface area (Å²) in [6, 6.07) is 9.63. The molecule has 35 heavy (non-hydrogen) atoms. The van der Waals surface area contributed by atoms with Crippen LogP contribution in [0.15, 0.2) is 58.3 Å². The molecular weight excluding hydrogens is 520 g/mol. The van der Waals surface area contributed by atoms with E-state index in [9.17, 15) is 35.5 Å². The summed E-state index contributed by atoms with van der Waals surface area (Å²) in [6.45, 7) is 0. The fraction of sp³-hybridized carbons (Fsp3) is 0. The Kier molecular flexibility index (Phi) is 8.67. The number of anilines is 4. The van der Waals surface area contributed by atoms with Crippen LogP contribution < -0.4 is 75.9 Å². The molecule has 5 N–H and O–H groups in total. The van der Waals surface area contributed by atoms with Gasteiger partial charge in [-0.15, -0.1) is 0 Å². The second-order valence-electron chi connectivity index (χ2n) is 7.08. The molecule has 0 spiro atoms. The Morgan fingerprint density at radius 2 is 1.20 bits per heavy atom. The fourth-order valence-corrected chi connectivity index (χ4v) is 4.90. The number of ketones is 2. The van der Waals surface area contributed by atoms with Gasteiger partial charge in [-0.2, -0.15) is 0 Å². The number of carbonyl (C=O) groups excluding carboxylic acids is 2. The van der Waals surface area contributed by atoms with Crippen LogP contribution in [-0.2, 0) is 20.2 Å². The molecule has 3 aromatic carbocycles. The molecule has 0 saturated heterocycles. The molecule has 0 heterocycles. The maximum absolute atomic E-state index is 13.2. The first-order valence-electron chi connectivity index (χ1n) is 9.04. The van der Waals surface area contributed by atoms with Gasteiger partial charge in [0.2, 0.25) is 0 Å². The van der Waals surface area contributed by atoms with Crippen LogP contribution in [0.3, 0.4) is 0 Å². The van der Waals surface area contributed by atoms with Crippen molar-refractivity contribution >= 4 is 54.6 Å². The zero-order valence-electron chi connectivity index (χ0n) is 18.4. The third kappa shape index (κ3) is 5.34. The van der Waals surface area contributed by atoms with Gasteiger partial charge >= 0.3 is 59.1 Å². The first-order valence-corrected chi connectivity index (χ1v) is 11.9. The van der Waals surface area contributed by atoms with Crippen molar-refractivity contribution in [3.63, 3.8) is 0 Å². The second kappa shape index (κ2) is 10.3. The van der Waals surface area contributed by atoms with E-state index >= 15 is 0 Å². The van der Waals surface area contributed by atoms with E-state index in [0.29, 0.717) is 6.07 Å². The van der Waals surface area contributed by atoms with Crippen LogP contribution in [0.1, 0.15) is 31.8 Å². The number of nitrogens with one attached hydrogen (secondary N) is 1. The van der Waals surface area contributed by atoms with Crippen LogP contribution in [0, 0.1) is 0 Å². The summed E-state index contributed by atoms with van der Waals surface area (Å²) in [5.41, 5.74) is 8.88. The summed E-state index contributed by atoms with van der Waals surface area (Å²) in [5.74, 6) is -1.54. The Labute approximate surface area is 244 Å². The molecule has 4 rings (SSSR count). The summed E-state index contributed by atoms with van der Waals surface area (Å²) >= 11 is 0. The molecule has 170 valence electrons. The van der Waals surface area contributed by atoms with Gasteiger partial charge in [0.05, 0.1) is 38.0 Å². The van der Waals surface area contributed by atoms with Crippen molar-refractivity contribution in [3.8, 4) is 0 Å². The van der Waals surface area contributed by atoms with Crippen molar-refractivity contribution in [1.82, 2.24) is 0 Å². The van der Waals surface area contributed by atoms with Gasteiger partial charge in [-0.1, -0.05) is 24.3 Å². The Hall–Kier alpha value is -1.78. The Morgan fingerprint density at radius 3 is 1.71 bits per heavy atom. The van der Waals surface area contributed by atoms with E-state index in [1.165, 1.54) is 30.3 Å². The molecule has 0 amide bonds. The fourth-order valence-electron chi connectivity index (χ4n) is 3.59. The van der Waals surface area contributed by atoms with E-state index in [1.807, 2.05) is 0 Å². The number of nitrogen functional groups attached to an aromatic ring is 2. The number of carbonyl (C=O) groups is 2. The van der Waals surface area contributed by atoms with Crippen LogP contribution in [0.5, 0.6) is 0 Å². The van der Waals surface area contributed by atoms with E-state index in [4.69, 9.17) is 11.5 Å². The molecule has 3 aromatic rings. The molecule has 0 atom stereocenters. The molecule has 1 aliphatic rings. The summed E-state index contributed by atoms with van der Waals surface area (Å²) in [7, 11) is -10.3. The second-order valence-corrected chi connectivity index (χ2v) is 9.77. The minimum Gasteiger partial charge on any atom is -0.744 e. The smallest absolute Gasteiger partial charge is 0.744 e. The number of hydrogen-bond donors (Lipinski definition) is 3. The average molecular weight is 533 g/mol. The van der Waals surface area contributed by atoms with Gasteiger partial charge in [0.15, 0.2) is 11.6 Å². The number of benzene rings is 3. The van der Waals surface area contributed by atoms with Gasteiger partial charge in [-0.05, 0) is 24.3 Å². The minimum atomic E-state index is -5.22. The van der Waals surface area contributed by atoms with Gasteiger partial charge in [0, 0.05) is 16.8 Å². The predicted molar refractivity (Wildman–Crippen MR) is 114 cm³/mol. The molecule has 11 nitrogen and oxygen atoms in total. The van der Waals surface area contributed by atoms with Crippen molar-refractivity contribution in [2.45, 2.75) is 9.79 Å². The molecule has 0 saturated carbocycles. The molecule has 15 heteroatoms. The quantitative estimate of drug-likeness (QED) is 0.129. The van der Waals surface area contributed by atoms with Gasteiger partial charge < -0.3 is 25.9 Å². The van der Waals surface area contributed by atoms with Gasteiger partial charge in [0.1, 0.15) is 20.2 Å². The van der Waals surface area contributed by atoms with Crippen LogP contribution in [0.4, 0.5) is 22.7 Å². The van der Waals surface area contributed by atoms with Crippen molar-refractivity contribution in [1.29, 1.82) is 0 Å². The van der Waals surface area contributed by atoms with Gasteiger partial charge in [0.25, 0.3) is 0 Å². The van der Waals surface area contributed by atoms with E-state index in [0.717, 1.165) is 12.1 Å². The topological polar surface area (TPSA) is 213 Å². The number of fused-ring (bicyclic) bond motifs is 2. The number of rotatable bonds is 4. The SMILES string of the molecule is Nc1ccc(Nc2cc(S(=O)(=O)[O-])c(N)c3c2C(=O)c2ccccc2C3=O)c(S(=O)(=O)[O-])c1.[Na+].[Na+]. The molecular formula is C20H13N3Na2O8S2. The van der Waals surface area contributed by atoms with Crippen molar-refractivity contribution in [2.24, 2.45) is 0 Å². The predicted octanol–water partition coefficient (Wildman–Crippen LogP) is -4.81. The monoisotopic (exact) mass is 533 g/mol. The number of nitrogens with two attached hydrogens (primary N) is 2. The molecule has 0 aliphatic heterocycles. The summed E-state index contributed by atoms with van der Waals surface area (Å²) in [5, 5.41) is 2.49. The van der Waals surface area contributed by atoms with Crippen LogP contribution in [-0.4, -0.2) is 37.5 Å². The normalized spacial score (nSPS) is 12.6. The van der Waals surface area contributed by atoms with Crippen molar-refractivity contribution < 1.29 is 94.6 Å². The standard InChI is InChI=1S/C20H15N3O8S2.2Na/c21-9-5-6-12(14(7-9)32(26,27)28)23-13-8-15(33(29,30)31)18(22)17-16(13)19(24)10-3-1-2-4-11(10)20(17)25;;/h1-8,23H,21-22H2,(H,26,27,28)(H,29,30,31);;/q;2*+1/p-2. The van der Waals surface area contributed by atoms with Crippen LogP contribution in [0.2, 0.25) is 0 Å². The van der Waals surface area contributed by atoms with Crippen LogP contribution in [0.25, 0.3) is 0 Å². The summed E-state index contributed by atoms with van der Waals surface area (Å²) in [4.78, 5) is 24.6.